The van der Waals surface area contributed by atoms with Gasteiger partial charge in [-0.1, -0.05) is 34.1 Å². The molecule has 1 unspecified atom stereocenters. The molecular weight excluding hydrogens is 354 g/mol. The molecule has 0 fully saturated rings. The lowest BCUT2D eigenvalue weighted by atomic mass is 10.1. The fourth-order valence-electron chi connectivity index (χ4n) is 1.85. The maximum atomic E-state index is 11.1. The van der Waals surface area contributed by atoms with Crippen molar-refractivity contribution in [3.05, 3.63) is 68.2 Å². The van der Waals surface area contributed by atoms with Crippen LogP contribution in [0.2, 0.25) is 0 Å². The number of aliphatic hydroxyl groups is 1. The van der Waals surface area contributed by atoms with E-state index >= 15 is 0 Å². The number of rotatable bonds is 5. The molecule has 0 amide bonds. The monoisotopic (exact) mass is 367 g/mol. The summed E-state index contributed by atoms with van der Waals surface area (Å²) in [7, 11) is 0. The maximum Gasteiger partial charge on any atom is 0.274 e. The van der Waals surface area contributed by atoms with Crippen molar-refractivity contribution in [2.45, 2.75) is 23.7 Å². The molecule has 0 heterocycles. The molecule has 2 aromatic carbocycles. The van der Waals surface area contributed by atoms with Crippen LogP contribution < -0.4 is 0 Å². The Balaban J connectivity index is 2.17. The number of nitro benzene ring substituents is 1. The van der Waals surface area contributed by atoms with Gasteiger partial charge in [-0.05, 0) is 30.7 Å². The zero-order chi connectivity index (χ0) is 15.4. The van der Waals surface area contributed by atoms with Gasteiger partial charge in [0.05, 0.1) is 11.0 Å². The van der Waals surface area contributed by atoms with Gasteiger partial charge in [0.15, 0.2) is 0 Å². The molecule has 2 rings (SSSR count). The largest absolute Gasteiger partial charge is 0.389 e. The van der Waals surface area contributed by atoms with E-state index < -0.39 is 6.10 Å². The molecular formula is C15H14BrNO3S. The van der Waals surface area contributed by atoms with Gasteiger partial charge in [-0.3, -0.25) is 10.1 Å². The van der Waals surface area contributed by atoms with Crippen molar-refractivity contribution in [3.8, 4) is 0 Å². The Morgan fingerprint density at radius 1 is 1.33 bits per heavy atom. The van der Waals surface area contributed by atoms with E-state index in [9.17, 15) is 15.2 Å². The van der Waals surface area contributed by atoms with Crippen molar-refractivity contribution in [2.75, 3.05) is 0 Å². The SMILES string of the molecule is CC(O)c1cccc(SCc2ccc(Br)cc2[N+](=O)[O-])c1. The fraction of sp³-hybridized carbons (Fsp3) is 0.200. The number of nitro groups is 1. The van der Waals surface area contributed by atoms with Crippen LogP contribution in [0.4, 0.5) is 5.69 Å². The molecule has 6 heteroatoms. The van der Waals surface area contributed by atoms with E-state index in [0.29, 0.717) is 15.8 Å². The highest BCUT2D eigenvalue weighted by molar-refractivity contribution is 9.10. The first-order valence-electron chi connectivity index (χ1n) is 6.31. The van der Waals surface area contributed by atoms with Crippen molar-refractivity contribution in [3.63, 3.8) is 0 Å². The van der Waals surface area contributed by atoms with Gasteiger partial charge in [0.25, 0.3) is 5.69 Å². The van der Waals surface area contributed by atoms with Gasteiger partial charge in [-0.25, -0.2) is 0 Å². The second kappa shape index (κ2) is 7.06. The minimum atomic E-state index is -0.521. The molecule has 4 nitrogen and oxygen atoms in total. The summed E-state index contributed by atoms with van der Waals surface area (Å²) in [6.07, 6.45) is -0.521. The Bertz CT molecular complexity index is 661. The molecule has 1 atom stereocenters. The third-order valence-corrected chi connectivity index (χ3v) is 4.51. The maximum absolute atomic E-state index is 11.1. The number of hydrogen-bond donors (Lipinski definition) is 1. The van der Waals surface area contributed by atoms with Crippen molar-refractivity contribution in [1.82, 2.24) is 0 Å². The second-order valence-corrected chi connectivity index (χ2v) is 6.53. The normalized spacial score (nSPS) is 12.1. The third-order valence-electron chi connectivity index (χ3n) is 2.98. The second-order valence-electron chi connectivity index (χ2n) is 4.57. The summed E-state index contributed by atoms with van der Waals surface area (Å²) in [5, 5.41) is 20.6. The molecule has 0 aromatic heterocycles. The smallest absolute Gasteiger partial charge is 0.274 e. The summed E-state index contributed by atoms with van der Waals surface area (Å²) in [6.45, 7) is 1.71. The van der Waals surface area contributed by atoms with Crippen molar-refractivity contribution >= 4 is 33.4 Å². The van der Waals surface area contributed by atoms with Crippen LogP contribution in [-0.4, -0.2) is 10.0 Å². The number of aliphatic hydroxyl groups excluding tert-OH is 1. The lowest BCUT2D eigenvalue weighted by molar-refractivity contribution is -0.385. The Morgan fingerprint density at radius 3 is 2.76 bits per heavy atom. The Kier molecular flexibility index (Phi) is 5.39. The van der Waals surface area contributed by atoms with Crippen LogP contribution in [0.5, 0.6) is 0 Å². The van der Waals surface area contributed by atoms with Crippen molar-refractivity contribution in [1.29, 1.82) is 0 Å². The van der Waals surface area contributed by atoms with Gasteiger partial charge in [0.1, 0.15) is 0 Å². The lowest BCUT2D eigenvalue weighted by Gasteiger charge is -2.08. The van der Waals surface area contributed by atoms with Crippen molar-refractivity contribution < 1.29 is 10.0 Å². The van der Waals surface area contributed by atoms with E-state index in [1.807, 2.05) is 24.3 Å². The van der Waals surface area contributed by atoms with Gasteiger partial charge in [-0.15, -0.1) is 11.8 Å². The highest BCUT2D eigenvalue weighted by Gasteiger charge is 2.14. The molecule has 0 aliphatic rings. The number of benzene rings is 2. The van der Waals surface area contributed by atoms with Crippen LogP contribution in [-0.2, 0) is 5.75 Å². The van der Waals surface area contributed by atoms with Crippen LogP contribution in [0.15, 0.2) is 51.8 Å². The highest BCUT2D eigenvalue weighted by atomic mass is 79.9. The average Bonchev–Trinajstić information content (AvgIpc) is 2.46. The number of nitrogens with zero attached hydrogens (tertiary/aromatic N) is 1. The fourth-order valence-corrected chi connectivity index (χ4v) is 3.16. The van der Waals surface area contributed by atoms with Gasteiger partial charge < -0.3 is 5.11 Å². The Labute approximate surface area is 135 Å². The molecule has 0 saturated carbocycles. The quantitative estimate of drug-likeness (QED) is 0.472. The zero-order valence-corrected chi connectivity index (χ0v) is 13.7. The molecule has 2 aromatic rings. The van der Waals surface area contributed by atoms with Crippen molar-refractivity contribution in [2.24, 2.45) is 0 Å². The zero-order valence-electron chi connectivity index (χ0n) is 11.3. The molecule has 110 valence electrons. The highest BCUT2D eigenvalue weighted by Crippen LogP contribution is 2.31. The van der Waals surface area contributed by atoms with E-state index in [-0.39, 0.29) is 10.6 Å². The van der Waals surface area contributed by atoms with Crippen LogP contribution in [0.25, 0.3) is 0 Å². The van der Waals surface area contributed by atoms with Gasteiger partial charge in [0, 0.05) is 26.8 Å². The van der Waals surface area contributed by atoms with E-state index in [0.717, 1.165) is 10.5 Å². The number of halogens is 1. The summed E-state index contributed by atoms with van der Waals surface area (Å²) in [5.41, 5.74) is 1.63. The van der Waals surface area contributed by atoms with Gasteiger partial charge in [0.2, 0.25) is 0 Å². The van der Waals surface area contributed by atoms with Crippen LogP contribution in [0.1, 0.15) is 24.2 Å². The average molecular weight is 368 g/mol. The summed E-state index contributed by atoms with van der Waals surface area (Å²) in [6, 6.07) is 12.6. The third kappa shape index (κ3) is 4.30. The first-order chi connectivity index (χ1) is 9.97. The predicted octanol–water partition coefficient (Wildman–Crippen LogP) is 4.70. The molecule has 0 spiro atoms. The van der Waals surface area contributed by atoms with Gasteiger partial charge in [-0.2, -0.15) is 0 Å². The summed E-state index contributed by atoms with van der Waals surface area (Å²) in [4.78, 5) is 11.7. The van der Waals surface area contributed by atoms with E-state index in [4.69, 9.17) is 0 Å². The molecule has 0 bridgehead atoms. The van der Waals surface area contributed by atoms with Crippen LogP contribution >= 0.6 is 27.7 Å². The molecule has 0 saturated heterocycles. The number of hydrogen-bond acceptors (Lipinski definition) is 4. The van der Waals surface area contributed by atoms with Gasteiger partial charge >= 0.3 is 0 Å². The molecule has 0 radical (unpaired) electrons. The summed E-state index contributed by atoms with van der Waals surface area (Å²) >= 11 is 4.76. The first-order valence-corrected chi connectivity index (χ1v) is 8.09. The minimum absolute atomic E-state index is 0.114. The predicted molar refractivity (Wildman–Crippen MR) is 87.4 cm³/mol. The molecule has 0 aliphatic heterocycles. The summed E-state index contributed by atoms with van der Waals surface area (Å²) in [5.74, 6) is 0.507. The summed E-state index contributed by atoms with van der Waals surface area (Å²) < 4.78 is 0.694. The lowest BCUT2D eigenvalue weighted by Crippen LogP contribution is -1.94. The van der Waals surface area contributed by atoms with E-state index in [1.165, 1.54) is 17.8 Å². The number of thioether (sulfide) groups is 1. The Hall–Kier alpha value is -1.37. The van der Waals surface area contributed by atoms with E-state index in [1.54, 1.807) is 19.1 Å². The first kappa shape index (κ1) is 16.0. The molecule has 21 heavy (non-hydrogen) atoms. The molecule has 0 aliphatic carbocycles. The van der Waals surface area contributed by atoms with Crippen LogP contribution in [0, 0.1) is 10.1 Å². The topological polar surface area (TPSA) is 63.4 Å². The van der Waals surface area contributed by atoms with E-state index in [2.05, 4.69) is 15.9 Å². The van der Waals surface area contributed by atoms with Crippen LogP contribution in [0.3, 0.4) is 0 Å². The standard InChI is InChI=1S/C15H14BrNO3S/c1-10(18)11-3-2-4-14(7-11)21-9-12-5-6-13(16)8-15(12)17(19)20/h2-8,10,18H,9H2,1H3. The minimum Gasteiger partial charge on any atom is -0.389 e. The molecule has 1 N–H and O–H groups in total. The Morgan fingerprint density at radius 2 is 2.10 bits per heavy atom.